The third kappa shape index (κ3) is 3.18. The minimum atomic E-state index is -0.136. The molecule has 0 saturated heterocycles. The molecule has 4 aliphatic carbocycles. The van der Waals surface area contributed by atoms with Gasteiger partial charge in [0.05, 0.1) is 0 Å². The number of hydrogen-bond acceptors (Lipinski definition) is 2. The van der Waals surface area contributed by atoms with Crippen molar-refractivity contribution in [2.24, 2.45) is 40.4 Å². The molecule has 0 aromatic carbocycles. The van der Waals surface area contributed by atoms with Gasteiger partial charge in [0.25, 0.3) is 0 Å². The van der Waals surface area contributed by atoms with Crippen molar-refractivity contribution < 1.29 is 9.53 Å². The molecule has 0 aromatic heterocycles. The van der Waals surface area contributed by atoms with Crippen molar-refractivity contribution in [1.29, 1.82) is 0 Å². The molecule has 0 spiro atoms. The Labute approximate surface area is 172 Å². The predicted molar refractivity (Wildman–Crippen MR) is 115 cm³/mol. The van der Waals surface area contributed by atoms with E-state index in [-0.39, 0.29) is 17.5 Å². The SMILES string of the molecule is CCC[C@@H](C)[C@H]1CC[C@H]2[C@@H]3CC=C4C[C@@H](OC(C)=O)C[CH][C@]4(C)[C@H]3CC[C@]12C. The first-order valence-corrected chi connectivity index (χ1v) is 12.0. The van der Waals surface area contributed by atoms with Gasteiger partial charge in [0.15, 0.2) is 0 Å². The summed E-state index contributed by atoms with van der Waals surface area (Å²) < 4.78 is 5.56. The van der Waals surface area contributed by atoms with Crippen LogP contribution in [0.1, 0.15) is 92.4 Å². The van der Waals surface area contributed by atoms with Crippen molar-refractivity contribution in [3.63, 3.8) is 0 Å². The number of ether oxygens (including phenoxy) is 1. The Hall–Kier alpha value is -0.790. The van der Waals surface area contributed by atoms with E-state index in [0.29, 0.717) is 5.41 Å². The van der Waals surface area contributed by atoms with Crippen LogP contribution in [0.15, 0.2) is 11.6 Å². The Balaban J connectivity index is 1.54. The lowest BCUT2D eigenvalue weighted by Gasteiger charge is -2.58. The van der Waals surface area contributed by atoms with E-state index in [1.165, 1.54) is 51.9 Å². The highest BCUT2D eigenvalue weighted by Gasteiger charge is 2.59. The van der Waals surface area contributed by atoms with Gasteiger partial charge in [-0.25, -0.2) is 0 Å². The van der Waals surface area contributed by atoms with Crippen molar-refractivity contribution in [2.45, 2.75) is 98.5 Å². The number of allylic oxidation sites excluding steroid dienone is 1. The molecule has 4 aliphatic rings. The highest BCUT2D eigenvalue weighted by atomic mass is 16.5. The molecule has 1 radical (unpaired) electrons. The number of hydrogen-bond donors (Lipinski definition) is 0. The van der Waals surface area contributed by atoms with Crippen LogP contribution in [0.3, 0.4) is 0 Å². The van der Waals surface area contributed by atoms with Crippen LogP contribution in [0, 0.1) is 46.8 Å². The zero-order valence-electron chi connectivity index (χ0n) is 18.8. The quantitative estimate of drug-likeness (QED) is 0.395. The number of carbonyl (C=O) groups is 1. The van der Waals surface area contributed by atoms with Crippen LogP contribution in [-0.2, 0) is 9.53 Å². The number of esters is 1. The number of carbonyl (C=O) groups excluding carboxylic acids is 1. The van der Waals surface area contributed by atoms with Crippen molar-refractivity contribution in [3.8, 4) is 0 Å². The fraction of sp³-hybridized carbons (Fsp3) is 0.846. The number of rotatable bonds is 4. The monoisotopic (exact) mass is 385 g/mol. The molecule has 28 heavy (non-hydrogen) atoms. The molecule has 2 nitrogen and oxygen atoms in total. The zero-order valence-corrected chi connectivity index (χ0v) is 18.8. The fourth-order valence-electron chi connectivity index (χ4n) is 8.34. The van der Waals surface area contributed by atoms with Crippen LogP contribution < -0.4 is 0 Å². The summed E-state index contributed by atoms with van der Waals surface area (Å²) in [5.41, 5.74) is 2.35. The largest absolute Gasteiger partial charge is 0.462 e. The first-order chi connectivity index (χ1) is 13.3. The van der Waals surface area contributed by atoms with E-state index in [9.17, 15) is 4.79 Å². The second-order valence-electron chi connectivity index (χ2n) is 11.0. The molecule has 0 N–H and O–H groups in total. The lowest BCUT2D eigenvalue weighted by Crippen LogP contribution is -2.51. The first-order valence-electron chi connectivity index (χ1n) is 12.0. The topological polar surface area (TPSA) is 26.3 Å². The third-order valence-corrected chi connectivity index (χ3v) is 9.62. The van der Waals surface area contributed by atoms with Gasteiger partial charge >= 0.3 is 5.97 Å². The number of fused-ring (bicyclic) bond motifs is 5. The Morgan fingerprint density at radius 2 is 2.00 bits per heavy atom. The average molecular weight is 386 g/mol. The molecule has 0 heterocycles. The summed E-state index contributed by atoms with van der Waals surface area (Å²) in [6, 6.07) is 0. The molecule has 0 aliphatic heterocycles. The molecule has 0 amide bonds. The zero-order chi connectivity index (χ0) is 20.1. The molecule has 8 atom stereocenters. The fourth-order valence-corrected chi connectivity index (χ4v) is 8.34. The second-order valence-corrected chi connectivity index (χ2v) is 11.0. The predicted octanol–water partition coefficient (Wildman–Crippen LogP) is 6.75. The molecule has 2 heteroatoms. The molecule has 0 aromatic rings. The van der Waals surface area contributed by atoms with Gasteiger partial charge in [-0.1, -0.05) is 52.2 Å². The van der Waals surface area contributed by atoms with E-state index in [1.807, 2.05) is 0 Å². The summed E-state index contributed by atoms with van der Waals surface area (Å²) >= 11 is 0. The third-order valence-electron chi connectivity index (χ3n) is 9.62. The van der Waals surface area contributed by atoms with Gasteiger partial charge in [-0.05, 0) is 85.4 Å². The van der Waals surface area contributed by atoms with E-state index >= 15 is 0 Å². The van der Waals surface area contributed by atoms with E-state index < -0.39 is 0 Å². The summed E-state index contributed by atoms with van der Waals surface area (Å²) in [6.07, 6.45) is 16.7. The lowest BCUT2D eigenvalue weighted by atomic mass is 9.47. The van der Waals surface area contributed by atoms with E-state index in [1.54, 1.807) is 5.57 Å². The Kier molecular flexibility index (Phi) is 5.47. The van der Waals surface area contributed by atoms with Crippen molar-refractivity contribution >= 4 is 5.97 Å². The summed E-state index contributed by atoms with van der Waals surface area (Å²) in [5.74, 6) is 4.23. The molecular weight excluding hydrogens is 344 g/mol. The van der Waals surface area contributed by atoms with Gasteiger partial charge in [0.2, 0.25) is 0 Å². The van der Waals surface area contributed by atoms with Gasteiger partial charge < -0.3 is 4.74 Å². The van der Waals surface area contributed by atoms with Crippen molar-refractivity contribution in [3.05, 3.63) is 18.1 Å². The standard InChI is InChI=1S/C26H41O2/c1-6-7-17(2)22-10-11-23-21-9-8-19-16-20(28-18(3)27)12-14-25(19,4)24(21)13-15-26(22,23)5/h8,14,17,20-24H,6-7,9-13,15-16H2,1-5H3/t17-,20+,21+,22-,23+,24+,25+,26-/m1/s1. The van der Waals surface area contributed by atoms with E-state index in [4.69, 9.17) is 4.74 Å². The Bertz CT molecular complexity index is 636. The molecule has 4 rings (SSSR count). The van der Waals surface area contributed by atoms with Gasteiger partial charge in [-0.3, -0.25) is 4.79 Å². The second kappa shape index (κ2) is 7.47. The van der Waals surface area contributed by atoms with Crippen LogP contribution in [-0.4, -0.2) is 12.1 Å². The van der Waals surface area contributed by atoms with Gasteiger partial charge in [0, 0.05) is 13.3 Å². The Morgan fingerprint density at radius 1 is 1.21 bits per heavy atom. The summed E-state index contributed by atoms with van der Waals surface area (Å²) in [5, 5.41) is 0. The highest BCUT2D eigenvalue weighted by molar-refractivity contribution is 5.66. The molecule has 0 unspecified atom stereocenters. The maximum atomic E-state index is 11.4. The van der Waals surface area contributed by atoms with Gasteiger partial charge in [-0.2, -0.15) is 0 Å². The van der Waals surface area contributed by atoms with Crippen molar-refractivity contribution in [2.75, 3.05) is 0 Å². The van der Waals surface area contributed by atoms with Gasteiger partial charge in [0.1, 0.15) is 6.10 Å². The van der Waals surface area contributed by atoms with Crippen LogP contribution in [0.2, 0.25) is 0 Å². The van der Waals surface area contributed by atoms with Gasteiger partial charge in [-0.15, -0.1) is 0 Å². The molecule has 3 fully saturated rings. The van der Waals surface area contributed by atoms with Crippen LogP contribution in [0.25, 0.3) is 0 Å². The smallest absolute Gasteiger partial charge is 0.302 e. The van der Waals surface area contributed by atoms with Crippen LogP contribution >= 0.6 is 0 Å². The minimum absolute atomic E-state index is 0.0629. The molecule has 0 bridgehead atoms. The Morgan fingerprint density at radius 3 is 2.71 bits per heavy atom. The molecule has 157 valence electrons. The first kappa shape index (κ1) is 20.5. The maximum Gasteiger partial charge on any atom is 0.302 e. The van der Waals surface area contributed by atoms with E-state index in [2.05, 4.69) is 40.2 Å². The normalized spacial score (nSPS) is 46.0. The maximum absolute atomic E-state index is 11.4. The van der Waals surface area contributed by atoms with Crippen LogP contribution in [0.4, 0.5) is 0 Å². The van der Waals surface area contributed by atoms with Crippen LogP contribution in [0.5, 0.6) is 0 Å². The lowest BCUT2D eigenvalue weighted by molar-refractivity contribution is -0.147. The van der Waals surface area contributed by atoms with Crippen molar-refractivity contribution in [1.82, 2.24) is 0 Å². The average Bonchev–Trinajstić information content (AvgIpc) is 2.99. The van der Waals surface area contributed by atoms with E-state index in [0.717, 1.165) is 42.4 Å². The minimum Gasteiger partial charge on any atom is -0.462 e. The molecule has 3 saturated carbocycles. The summed E-state index contributed by atoms with van der Waals surface area (Å²) in [7, 11) is 0. The molecular formula is C26H41O2. The summed E-state index contributed by atoms with van der Waals surface area (Å²) in [6.45, 7) is 11.6. The summed E-state index contributed by atoms with van der Waals surface area (Å²) in [4.78, 5) is 11.4. The highest BCUT2D eigenvalue weighted by Crippen LogP contribution is 2.67.